The smallest absolute Gasteiger partial charge is 0.0183 e. The van der Waals surface area contributed by atoms with Crippen molar-refractivity contribution in [3.8, 4) is 22.5 Å². The lowest BCUT2D eigenvalue weighted by Gasteiger charge is -2.14. The van der Waals surface area contributed by atoms with Gasteiger partial charge in [-0.1, -0.05) is 42.3 Å². The number of pyridine rings is 2. The molecule has 2 nitrogen and oxygen atoms in total. The zero-order valence-corrected chi connectivity index (χ0v) is 10.7. The maximum Gasteiger partial charge on any atom is 0.0183 e. The molecule has 0 fully saturated rings. The molecule has 2 aromatic heterocycles. The number of aromatic nitrogens is 2. The van der Waals surface area contributed by atoms with Gasteiger partial charge in [0.1, 0.15) is 0 Å². The Balaban J connectivity index is 2.12. The molecule has 3 aromatic rings. The van der Waals surface area contributed by atoms with Gasteiger partial charge in [-0.15, -0.1) is 23.8 Å². The Hall–Kier alpha value is -2.48. The zero-order valence-electron chi connectivity index (χ0n) is 10.7. The molecule has 0 aliphatic heterocycles. The molecule has 0 bridgehead atoms. The van der Waals surface area contributed by atoms with Gasteiger partial charge in [-0.25, -0.2) is 0 Å². The molecule has 3 rings (SSSR count). The first-order chi connectivity index (χ1) is 9.33. The van der Waals surface area contributed by atoms with Gasteiger partial charge in [-0.05, 0) is 12.1 Å². The highest BCUT2D eigenvalue weighted by atomic mass is 14.7. The molecule has 0 N–H and O–H groups in total. The van der Waals surface area contributed by atoms with E-state index in [0.29, 0.717) is 0 Å². The van der Waals surface area contributed by atoms with Crippen LogP contribution in [0.1, 0.15) is 5.56 Å². The summed E-state index contributed by atoms with van der Waals surface area (Å²) >= 11 is 0. The molecule has 0 aliphatic rings. The summed E-state index contributed by atoms with van der Waals surface area (Å²) in [4.78, 5) is 8.75. The molecule has 19 heavy (non-hydrogen) atoms. The third-order valence-electron chi connectivity index (χ3n) is 2.90. The van der Waals surface area contributed by atoms with E-state index >= 15 is 0 Å². The molecule has 1 aromatic carbocycles. The van der Waals surface area contributed by atoms with Crippen LogP contribution in [0.5, 0.6) is 0 Å². The van der Waals surface area contributed by atoms with Crippen LogP contribution < -0.4 is 0 Å². The van der Waals surface area contributed by atoms with E-state index in [4.69, 9.17) is 0 Å². The minimum Gasteiger partial charge on any atom is -0.295 e. The number of hydrogen-bond donors (Lipinski definition) is 0. The van der Waals surface area contributed by atoms with Crippen LogP contribution in [0.4, 0.5) is 0 Å². The van der Waals surface area contributed by atoms with Gasteiger partial charge >= 0.3 is 0 Å². The number of hydrogen-bond acceptors (Lipinski definition) is 2. The Morgan fingerprint density at radius 3 is 1.74 bits per heavy atom. The quantitative estimate of drug-likeness (QED) is 0.639. The van der Waals surface area contributed by atoms with Crippen LogP contribution in [0.15, 0.2) is 60.9 Å². The lowest BCUT2D eigenvalue weighted by atomic mass is 10.0. The van der Waals surface area contributed by atoms with Gasteiger partial charge in [-0.3, -0.25) is 9.97 Å². The summed E-state index contributed by atoms with van der Waals surface area (Å²) in [5, 5.41) is 0. The van der Waals surface area contributed by atoms with Crippen LogP contribution in [0, 0.1) is 13.0 Å². The Labute approximate surface area is 112 Å². The molecule has 2 heterocycles. The number of aryl methyl sites for hydroxylation is 1. The van der Waals surface area contributed by atoms with Gasteiger partial charge in [0.05, 0.1) is 0 Å². The average Bonchev–Trinajstić information content (AvgIpc) is 2.48. The molecular formula is C17H13N2-. The summed E-state index contributed by atoms with van der Waals surface area (Å²) < 4.78 is 0. The van der Waals surface area contributed by atoms with Crippen molar-refractivity contribution in [2.24, 2.45) is 0 Å². The SMILES string of the molecule is Cc1cc(-c2ccccn2)[c-]c(-c2ccccn2)c1. The molecule has 0 aliphatic carbocycles. The highest BCUT2D eigenvalue weighted by Crippen LogP contribution is 2.24. The summed E-state index contributed by atoms with van der Waals surface area (Å²) in [5.41, 5.74) is 5.05. The monoisotopic (exact) mass is 245 g/mol. The first-order valence-corrected chi connectivity index (χ1v) is 6.20. The second-order valence-corrected chi connectivity index (χ2v) is 4.41. The highest BCUT2D eigenvalue weighted by Gasteiger charge is 1.97. The molecule has 0 saturated carbocycles. The average molecular weight is 245 g/mol. The fourth-order valence-electron chi connectivity index (χ4n) is 2.03. The van der Waals surface area contributed by atoms with Crippen molar-refractivity contribution in [3.05, 3.63) is 72.6 Å². The maximum atomic E-state index is 4.37. The second kappa shape index (κ2) is 5.02. The van der Waals surface area contributed by atoms with E-state index in [1.807, 2.05) is 36.4 Å². The van der Waals surface area contributed by atoms with E-state index in [1.54, 1.807) is 12.4 Å². The minimum absolute atomic E-state index is 0.934. The third-order valence-corrected chi connectivity index (χ3v) is 2.90. The van der Waals surface area contributed by atoms with Crippen molar-refractivity contribution < 1.29 is 0 Å². The normalized spacial score (nSPS) is 10.4. The first-order valence-electron chi connectivity index (χ1n) is 6.20. The van der Waals surface area contributed by atoms with E-state index in [0.717, 1.165) is 22.5 Å². The fourth-order valence-corrected chi connectivity index (χ4v) is 2.03. The number of nitrogens with zero attached hydrogens (tertiary/aromatic N) is 2. The Morgan fingerprint density at radius 2 is 1.32 bits per heavy atom. The largest absolute Gasteiger partial charge is 0.295 e. The van der Waals surface area contributed by atoms with Crippen molar-refractivity contribution in [1.29, 1.82) is 0 Å². The molecule has 0 amide bonds. The van der Waals surface area contributed by atoms with Crippen LogP contribution in [0.3, 0.4) is 0 Å². The van der Waals surface area contributed by atoms with Crippen LogP contribution in [0.2, 0.25) is 0 Å². The highest BCUT2D eigenvalue weighted by molar-refractivity contribution is 5.69. The number of benzene rings is 1. The van der Waals surface area contributed by atoms with Crippen LogP contribution in [-0.2, 0) is 0 Å². The van der Waals surface area contributed by atoms with E-state index in [2.05, 4.69) is 35.1 Å². The third kappa shape index (κ3) is 2.52. The molecule has 0 radical (unpaired) electrons. The Kier molecular flexibility index (Phi) is 3.07. The van der Waals surface area contributed by atoms with E-state index in [1.165, 1.54) is 5.56 Å². The number of rotatable bonds is 2. The summed E-state index contributed by atoms with van der Waals surface area (Å²) in [6, 6.07) is 19.4. The summed E-state index contributed by atoms with van der Waals surface area (Å²) in [7, 11) is 0. The Bertz CT molecular complexity index is 618. The van der Waals surface area contributed by atoms with Crippen molar-refractivity contribution in [2.45, 2.75) is 6.92 Å². The minimum atomic E-state index is 0.934. The van der Waals surface area contributed by atoms with Gasteiger partial charge in [0, 0.05) is 23.8 Å². The molecule has 2 heteroatoms. The molecular weight excluding hydrogens is 232 g/mol. The van der Waals surface area contributed by atoms with Gasteiger partial charge < -0.3 is 0 Å². The van der Waals surface area contributed by atoms with Crippen molar-refractivity contribution in [2.75, 3.05) is 0 Å². The molecule has 0 saturated heterocycles. The maximum absolute atomic E-state index is 4.37. The van der Waals surface area contributed by atoms with E-state index in [9.17, 15) is 0 Å². The zero-order chi connectivity index (χ0) is 13.1. The standard InChI is InChI=1S/C17H13N2/c1-13-10-14(16-6-2-4-8-18-16)12-15(11-13)17-7-3-5-9-19-17/h2-11H,1H3/q-1. The van der Waals surface area contributed by atoms with Crippen LogP contribution in [-0.4, -0.2) is 9.97 Å². The van der Waals surface area contributed by atoms with Gasteiger partial charge in [0.2, 0.25) is 0 Å². The van der Waals surface area contributed by atoms with E-state index in [-0.39, 0.29) is 0 Å². The van der Waals surface area contributed by atoms with Crippen molar-refractivity contribution in [1.82, 2.24) is 9.97 Å². The molecule has 0 spiro atoms. The summed E-state index contributed by atoms with van der Waals surface area (Å²) in [6.45, 7) is 2.08. The predicted octanol–water partition coefficient (Wildman–Crippen LogP) is 3.92. The van der Waals surface area contributed by atoms with Gasteiger partial charge in [0.15, 0.2) is 0 Å². The predicted molar refractivity (Wildman–Crippen MR) is 76.5 cm³/mol. The van der Waals surface area contributed by atoms with Gasteiger partial charge in [0.25, 0.3) is 0 Å². The summed E-state index contributed by atoms with van der Waals surface area (Å²) in [6.07, 6.45) is 3.60. The molecule has 92 valence electrons. The lowest BCUT2D eigenvalue weighted by Crippen LogP contribution is -1.88. The summed E-state index contributed by atoms with van der Waals surface area (Å²) in [5.74, 6) is 0. The van der Waals surface area contributed by atoms with Crippen LogP contribution in [0.25, 0.3) is 22.5 Å². The topological polar surface area (TPSA) is 25.8 Å². The van der Waals surface area contributed by atoms with Crippen molar-refractivity contribution in [3.63, 3.8) is 0 Å². The van der Waals surface area contributed by atoms with Crippen molar-refractivity contribution >= 4 is 0 Å². The second-order valence-electron chi connectivity index (χ2n) is 4.41. The molecule has 0 atom stereocenters. The fraction of sp³-hybridized carbons (Fsp3) is 0.0588. The van der Waals surface area contributed by atoms with Crippen LogP contribution >= 0.6 is 0 Å². The van der Waals surface area contributed by atoms with Gasteiger partial charge in [-0.2, -0.15) is 0 Å². The lowest BCUT2D eigenvalue weighted by molar-refractivity contribution is 1.30. The Morgan fingerprint density at radius 1 is 0.789 bits per heavy atom. The molecule has 0 unspecified atom stereocenters. The first kappa shape index (κ1) is 11.6. The van der Waals surface area contributed by atoms with E-state index < -0.39 is 0 Å².